The number of carboxylic acid groups (broad SMARTS) is 1. The molecule has 0 aromatic heterocycles. The lowest BCUT2D eigenvalue weighted by atomic mass is 10.1. The molecule has 1 fully saturated rings. The Morgan fingerprint density at radius 2 is 2.36 bits per heavy atom. The minimum absolute atomic E-state index is 0.0242. The lowest BCUT2D eigenvalue weighted by molar-refractivity contribution is -0.137. The van der Waals surface area contributed by atoms with Crippen molar-refractivity contribution in [3.63, 3.8) is 0 Å². The number of hydrogen-bond acceptors (Lipinski definition) is 3. The van der Waals surface area contributed by atoms with E-state index in [1.807, 2.05) is 6.92 Å². The zero-order chi connectivity index (χ0) is 10.7. The third kappa shape index (κ3) is 2.20. The van der Waals surface area contributed by atoms with Crippen LogP contribution >= 0.6 is 12.2 Å². The molecule has 1 aliphatic rings. The van der Waals surface area contributed by atoms with E-state index in [0.717, 1.165) is 0 Å². The second-order valence-corrected chi connectivity index (χ2v) is 3.40. The monoisotopic (exact) mass is 216 g/mol. The Bertz CT molecular complexity index is 280. The van der Waals surface area contributed by atoms with Crippen LogP contribution in [0.2, 0.25) is 0 Å². The highest BCUT2D eigenvalue weighted by molar-refractivity contribution is 7.80. The van der Waals surface area contributed by atoms with E-state index in [4.69, 9.17) is 17.3 Å². The summed E-state index contributed by atoms with van der Waals surface area (Å²) in [6.07, 6.45) is 0.258. The Morgan fingerprint density at radius 1 is 1.71 bits per heavy atom. The van der Waals surface area contributed by atoms with Crippen LogP contribution in [0.15, 0.2) is 0 Å². The zero-order valence-corrected chi connectivity index (χ0v) is 8.63. The van der Waals surface area contributed by atoms with E-state index in [0.29, 0.717) is 11.7 Å². The Balaban J connectivity index is 2.53. The molecule has 0 aromatic rings. The first-order valence-electron chi connectivity index (χ1n) is 4.40. The van der Waals surface area contributed by atoms with Crippen molar-refractivity contribution in [2.75, 3.05) is 6.54 Å². The molecule has 1 saturated heterocycles. The molecule has 0 radical (unpaired) electrons. The van der Waals surface area contributed by atoms with E-state index >= 15 is 0 Å². The maximum Gasteiger partial charge on any atom is 0.303 e. The molecule has 5 nitrogen and oxygen atoms in total. The van der Waals surface area contributed by atoms with Crippen LogP contribution in [0.3, 0.4) is 0 Å². The normalized spacial score (nSPS) is 21.2. The molecule has 0 aromatic carbocycles. The Hall–Kier alpha value is -1.17. The van der Waals surface area contributed by atoms with Gasteiger partial charge in [-0.2, -0.15) is 0 Å². The third-order valence-corrected chi connectivity index (χ3v) is 2.41. The average molecular weight is 216 g/mol. The van der Waals surface area contributed by atoms with Crippen molar-refractivity contribution in [2.24, 2.45) is 0 Å². The van der Waals surface area contributed by atoms with Crippen molar-refractivity contribution < 1.29 is 14.7 Å². The summed E-state index contributed by atoms with van der Waals surface area (Å²) >= 11 is 4.92. The van der Waals surface area contributed by atoms with E-state index in [2.05, 4.69) is 5.32 Å². The van der Waals surface area contributed by atoms with Gasteiger partial charge >= 0.3 is 5.97 Å². The molecule has 1 rings (SSSR count). The summed E-state index contributed by atoms with van der Waals surface area (Å²) in [7, 11) is 0. The number of likely N-dealkylation sites (N-methyl/N-ethyl adjacent to an activating group) is 1. The van der Waals surface area contributed by atoms with Crippen LogP contribution in [0.25, 0.3) is 0 Å². The lowest BCUT2D eigenvalue weighted by Gasteiger charge is -2.10. The van der Waals surface area contributed by atoms with Gasteiger partial charge in [0.2, 0.25) is 0 Å². The van der Waals surface area contributed by atoms with Crippen LogP contribution in [0.1, 0.15) is 19.8 Å². The second-order valence-electron chi connectivity index (χ2n) is 3.02. The molecule has 1 amide bonds. The van der Waals surface area contributed by atoms with Gasteiger partial charge in [0, 0.05) is 13.0 Å². The number of aliphatic carboxylic acids is 1. The topological polar surface area (TPSA) is 69.6 Å². The molecule has 78 valence electrons. The number of carbonyl (C=O) groups is 2. The fourth-order valence-electron chi connectivity index (χ4n) is 1.34. The van der Waals surface area contributed by atoms with Crippen LogP contribution in [0.5, 0.6) is 0 Å². The molecule has 1 aliphatic heterocycles. The molecule has 1 heterocycles. The molecule has 0 saturated carbocycles. The van der Waals surface area contributed by atoms with Gasteiger partial charge in [-0.1, -0.05) is 0 Å². The first kappa shape index (κ1) is 10.9. The van der Waals surface area contributed by atoms with E-state index < -0.39 is 12.0 Å². The predicted octanol–water partition coefficient (Wildman–Crippen LogP) is -0.0436. The summed E-state index contributed by atoms with van der Waals surface area (Å²) < 4.78 is 0. The molecule has 14 heavy (non-hydrogen) atoms. The number of nitrogens with one attached hydrogen (secondary N) is 1. The summed E-state index contributed by atoms with van der Waals surface area (Å²) in [6, 6.07) is -0.460. The highest BCUT2D eigenvalue weighted by Crippen LogP contribution is 2.10. The Morgan fingerprint density at radius 3 is 2.79 bits per heavy atom. The summed E-state index contributed by atoms with van der Waals surface area (Å²) in [4.78, 5) is 23.3. The van der Waals surface area contributed by atoms with Crippen LogP contribution in [-0.2, 0) is 9.59 Å². The van der Waals surface area contributed by atoms with E-state index in [1.54, 1.807) is 0 Å². The number of nitrogens with zero attached hydrogens (tertiary/aromatic N) is 1. The number of hydrogen-bond donors (Lipinski definition) is 2. The summed E-state index contributed by atoms with van der Waals surface area (Å²) in [6.45, 7) is 2.35. The maximum absolute atomic E-state index is 11.5. The molecule has 0 spiro atoms. The molecular formula is C8H12N2O3S. The van der Waals surface area contributed by atoms with Crippen molar-refractivity contribution in [1.82, 2.24) is 10.2 Å². The first-order valence-corrected chi connectivity index (χ1v) is 4.80. The van der Waals surface area contributed by atoms with Crippen molar-refractivity contribution in [2.45, 2.75) is 25.8 Å². The highest BCUT2D eigenvalue weighted by Gasteiger charge is 2.33. The van der Waals surface area contributed by atoms with Gasteiger partial charge in [-0.3, -0.25) is 14.5 Å². The van der Waals surface area contributed by atoms with Gasteiger partial charge in [0.1, 0.15) is 6.04 Å². The first-order chi connectivity index (χ1) is 6.56. The fourth-order valence-corrected chi connectivity index (χ4v) is 1.70. The number of amides is 1. The standard InChI is InChI=1S/C8H12N2O3S/c1-2-10-7(13)5(9-8(10)14)3-4-6(11)12/h5H,2-4H2,1H3,(H,9,14)(H,11,12)/t5-/m1/s1. The zero-order valence-electron chi connectivity index (χ0n) is 7.82. The van der Waals surface area contributed by atoms with Gasteiger partial charge in [-0.15, -0.1) is 0 Å². The van der Waals surface area contributed by atoms with Crippen LogP contribution < -0.4 is 5.32 Å². The highest BCUT2D eigenvalue weighted by atomic mass is 32.1. The lowest BCUT2D eigenvalue weighted by Crippen LogP contribution is -2.31. The molecule has 1 atom stereocenters. The summed E-state index contributed by atoms with van der Waals surface area (Å²) in [5.41, 5.74) is 0. The van der Waals surface area contributed by atoms with Gasteiger partial charge in [-0.05, 0) is 25.6 Å². The number of carboxylic acids is 1. The summed E-state index contributed by atoms with van der Waals surface area (Å²) in [5.74, 6) is -1.03. The predicted molar refractivity (Wildman–Crippen MR) is 53.8 cm³/mol. The van der Waals surface area contributed by atoms with E-state index in [1.165, 1.54) is 4.90 Å². The van der Waals surface area contributed by atoms with Gasteiger partial charge in [0.05, 0.1) is 0 Å². The minimum atomic E-state index is -0.902. The van der Waals surface area contributed by atoms with Gasteiger partial charge < -0.3 is 10.4 Å². The van der Waals surface area contributed by atoms with Crippen LogP contribution in [0, 0.1) is 0 Å². The molecule has 0 unspecified atom stereocenters. The quantitative estimate of drug-likeness (QED) is 0.645. The SMILES string of the molecule is CCN1C(=O)[C@@H](CCC(=O)O)NC1=S. The fraction of sp³-hybridized carbons (Fsp3) is 0.625. The van der Waals surface area contributed by atoms with Crippen molar-refractivity contribution >= 4 is 29.2 Å². The van der Waals surface area contributed by atoms with Crippen LogP contribution in [-0.4, -0.2) is 39.6 Å². The minimum Gasteiger partial charge on any atom is -0.481 e. The van der Waals surface area contributed by atoms with Crippen molar-refractivity contribution in [3.8, 4) is 0 Å². The van der Waals surface area contributed by atoms with E-state index in [9.17, 15) is 9.59 Å². The van der Waals surface area contributed by atoms with E-state index in [-0.39, 0.29) is 18.7 Å². The summed E-state index contributed by atoms with van der Waals surface area (Å²) in [5, 5.41) is 11.7. The van der Waals surface area contributed by atoms with Gasteiger partial charge in [0.25, 0.3) is 5.91 Å². The smallest absolute Gasteiger partial charge is 0.303 e. The molecule has 6 heteroatoms. The average Bonchev–Trinajstić information content (AvgIpc) is 2.38. The maximum atomic E-state index is 11.5. The molecule has 0 aliphatic carbocycles. The van der Waals surface area contributed by atoms with Gasteiger partial charge in [-0.25, -0.2) is 0 Å². The largest absolute Gasteiger partial charge is 0.481 e. The number of thiocarbonyl (C=S) groups is 1. The third-order valence-electron chi connectivity index (χ3n) is 2.07. The Kier molecular flexibility index (Phi) is 3.40. The van der Waals surface area contributed by atoms with Gasteiger partial charge in [0.15, 0.2) is 5.11 Å². The number of carbonyl (C=O) groups excluding carboxylic acids is 1. The molecule has 0 bridgehead atoms. The second kappa shape index (κ2) is 4.36. The van der Waals surface area contributed by atoms with Crippen molar-refractivity contribution in [3.05, 3.63) is 0 Å². The molecular weight excluding hydrogens is 204 g/mol. The molecule has 2 N–H and O–H groups in total. The van der Waals surface area contributed by atoms with Crippen molar-refractivity contribution in [1.29, 1.82) is 0 Å². The number of rotatable bonds is 4. The van der Waals surface area contributed by atoms with Crippen LogP contribution in [0.4, 0.5) is 0 Å². The Labute approximate surface area is 87.1 Å².